The van der Waals surface area contributed by atoms with Gasteiger partial charge in [0.1, 0.15) is 0 Å². The van der Waals surface area contributed by atoms with Crippen LogP contribution in [-0.4, -0.2) is 25.5 Å². The first-order valence-corrected chi connectivity index (χ1v) is 10.1. The van der Waals surface area contributed by atoms with Crippen molar-refractivity contribution in [3.8, 4) is 0 Å². The molecule has 0 bridgehead atoms. The van der Waals surface area contributed by atoms with Crippen molar-refractivity contribution < 1.29 is 8.42 Å². The molecule has 2 heterocycles. The summed E-state index contributed by atoms with van der Waals surface area (Å²) < 4.78 is 23.4. The van der Waals surface area contributed by atoms with E-state index < -0.39 is 9.84 Å². The zero-order chi connectivity index (χ0) is 14.4. The number of hydrogen-bond acceptors (Lipinski definition) is 4. The Hall–Kier alpha value is -0.390. The third-order valence-electron chi connectivity index (χ3n) is 4.51. The van der Waals surface area contributed by atoms with E-state index in [1.54, 1.807) is 4.88 Å². The molecular formula is C15H23NO2S2. The van der Waals surface area contributed by atoms with Gasteiger partial charge in [-0.15, -0.1) is 11.3 Å². The number of nitrogens with one attached hydrogen (secondary N) is 1. The third-order valence-corrected chi connectivity index (χ3v) is 7.83. The molecule has 3 nitrogen and oxygen atoms in total. The lowest BCUT2D eigenvalue weighted by atomic mass is 9.98. The van der Waals surface area contributed by atoms with Crippen LogP contribution >= 0.6 is 11.3 Å². The molecule has 1 aliphatic carbocycles. The molecule has 0 spiro atoms. The van der Waals surface area contributed by atoms with Gasteiger partial charge in [0.15, 0.2) is 9.84 Å². The van der Waals surface area contributed by atoms with Gasteiger partial charge in [0.25, 0.3) is 0 Å². The van der Waals surface area contributed by atoms with Gasteiger partial charge in [0, 0.05) is 21.3 Å². The summed E-state index contributed by atoms with van der Waals surface area (Å²) in [6, 6.07) is 2.58. The van der Waals surface area contributed by atoms with E-state index in [0.717, 1.165) is 6.42 Å². The van der Waals surface area contributed by atoms with Crippen LogP contribution in [0, 0.1) is 0 Å². The van der Waals surface area contributed by atoms with Crippen LogP contribution in [0.1, 0.15) is 54.5 Å². The van der Waals surface area contributed by atoms with Crippen molar-refractivity contribution in [2.24, 2.45) is 0 Å². The van der Waals surface area contributed by atoms with Crippen molar-refractivity contribution in [3.63, 3.8) is 0 Å². The normalized spacial score (nSPS) is 30.1. The second-order valence-corrected chi connectivity index (χ2v) is 9.93. The topological polar surface area (TPSA) is 46.2 Å². The Morgan fingerprint density at radius 3 is 2.75 bits per heavy atom. The number of hydrogen-bond donors (Lipinski definition) is 1. The Bertz CT molecular complexity index is 582. The number of fused-ring (bicyclic) bond motifs is 1. The fourth-order valence-corrected chi connectivity index (χ4v) is 6.81. The molecule has 0 saturated carbocycles. The second-order valence-electron chi connectivity index (χ2n) is 6.57. The third kappa shape index (κ3) is 2.95. The number of sulfone groups is 1. The average molecular weight is 313 g/mol. The largest absolute Gasteiger partial charge is 0.303 e. The summed E-state index contributed by atoms with van der Waals surface area (Å²) in [5.74, 6) is 0.597. The van der Waals surface area contributed by atoms with Crippen LogP contribution in [0.15, 0.2) is 6.07 Å². The van der Waals surface area contributed by atoms with Gasteiger partial charge in [-0.05, 0) is 57.6 Å². The van der Waals surface area contributed by atoms with E-state index >= 15 is 0 Å². The highest BCUT2D eigenvalue weighted by Gasteiger charge is 2.39. The van der Waals surface area contributed by atoms with Crippen LogP contribution in [0.2, 0.25) is 0 Å². The average Bonchev–Trinajstić information content (AvgIpc) is 2.90. The van der Waals surface area contributed by atoms with Gasteiger partial charge >= 0.3 is 0 Å². The minimum Gasteiger partial charge on any atom is -0.303 e. The van der Waals surface area contributed by atoms with Crippen LogP contribution in [-0.2, 0) is 22.7 Å². The molecule has 1 aromatic heterocycles. The first-order valence-electron chi connectivity index (χ1n) is 7.47. The molecule has 2 unspecified atom stereocenters. The standard InChI is InChI=1S/C15H23NO2S2/c1-11(16-15(2)7-8-20(17,18)10-15)14-9-12-5-3-4-6-13(12)19-14/h9,11,16H,3-8,10H2,1-2H3. The Morgan fingerprint density at radius 1 is 1.35 bits per heavy atom. The SMILES string of the molecule is CC(NC1(C)CCS(=O)(=O)C1)c1cc2c(s1)CCCC2. The Balaban J connectivity index is 1.73. The fourth-order valence-electron chi connectivity index (χ4n) is 3.45. The second kappa shape index (κ2) is 5.11. The molecule has 2 atom stereocenters. The number of aryl methyl sites for hydroxylation is 2. The van der Waals surface area contributed by atoms with Gasteiger partial charge in [-0.3, -0.25) is 0 Å². The van der Waals surface area contributed by atoms with Crippen molar-refractivity contribution in [1.29, 1.82) is 0 Å². The lowest BCUT2D eigenvalue weighted by Gasteiger charge is -2.28. The predicted molar refractivity (Wildman–Crippen MR) is 84.2 cm³/mol. The summed E-state index contributed by atoms with van der Waals surface area (Å²) >= 11 is 1.91. The van der Waals surface area contributed by atoms with Gasteiger partial charge in [0.05, 0.1) is 11.5 Å². The van der Waals surface area contributed by atoms with Gasteiger partial charge in [-0.25, -0.2) is 8.42 Å². The molecule has 0 amide bonds. The van der Waals surface area contributed by atoms with Gasteiger partial charge in [-0.2, -0.15) is 0 Å². The molecule has 1 fully saturated rings. The molecule has 112 valence electrons. The Morgan fingerprint density at radius 2 is 2.10 bits per heavy atom. The molecule has 0 radical (unpaired) electrons. The summed E-state index contributed by atoms with van der Waals surface area (Å²) in [6.45, 7) is 4.20. The first kappa shape index (κ1) is 14.5. The molecule has 0 aromatic carbocycles. The van der Waals surface area contributed by atoms with Crippen LogP contribution in [0.5, 0.6) is 0 Å². The fraction of sp³-hybridized carbons (Fsp3) is 0.733. The maximum Gasteiger partial charge on any atom is 0.152 e. The minimum atomic E-state index is -2.84. The van der Waals surface area contributed by atoms with Crippen molar-refractivity contribution in [2.45, 2.75) is 57.5 Å². The lowest BCUT2D eigenvalue weighted by Crippen LogP contribution is -2.44. The summed E-state index contributed by atoms with van der Waals surface area (Å²) in [6.07, 6.45) is 5.78. The van der Waals surface area contributed by atoms with E-state index in [2.05, 4.69) is 18.3 Å². The minimum absolute atomic E-state index is 0.240. The monoisotopic (exact) mass is 313 g/mol. The highest BCUT2D eigenvalue weighted by Crippen LogP contribution is 2.34. The van der Waals surface area contributed by atoms with Crippen molar-refractivity contribution in [1.82, 2.24) is 5.32 Å². The maximum absolute atomic E-state index is 11.7. The van der Waals surface area contributed by atoms with Crippen molar-refractivity contribution >= 4 is 21.2 Å². The van der Waals surface area contributed by atoms with Crippen LogP contribution < -0.4 is 5.32 Å². The predicted octanol–water partition coefficient (Wildman–Crippen LogP) is 2.85. The Labute approximate surface area is 125 Å². The summed E-state index contributed by atoms with van der Waals surface area (Å²) in [7, 11) is -2.84. The highest BCUT2D eigenvalue weighted by atomic mass is 32.2. The first-order chi connectivity index (χ1) is 9.37. The molecule has 1 aromatic rings. The molecule has 20 heavy (non-hydrogen) atoms. The van der Waals surface area contributed by atoms with Crippen molar-refractivity contribution in [2.75, 3.05) is 11.5 Å². The summed E-state index contributed by atoms with van der Waals surface area (Å²) in [4.78, 5) is 2.91. The molecular weight excluding hydrogens is 290 g/mol. The smallest absolute Gasteiger partial charge is 0.152 e. The van der Waals surface area contributed by atoms with E-state index in [0.29, 0.717) is 5.75 Å². The highest BCUT2D eigenvalue weighted by molar-refractivity contribution is 7.91. The molecule has 5 heteroatoms. The molecule has 1 aliphatic heterocycles. The maximum atomic E-state index is 11.7. The number of thiophene rings is 1. The van der Waals surface area contributed by atoms with Crippen LogP contribution in [0.25, 0.3) is 0 Å². The lowest BCUT2D eigenvalue weighted by molar-refractivity contribution is 0.358. The number of rotatable bonds is 3. The van der Waals surface area contributed by atoms with Crippen LogP contribution in [0.3, 0.4) is 0 Å². The van der Waals surface area contributed by atoms with Gasteiger partial charge in [-0.1, -0.05) is 0 Å². The van der Waals surface area contributed by atoms with Crippen LogP contribution in [0.4, 0.5) is 0 Å². The van der Waals surface area contributed by atoms with Crippen molar-refractivity contribution in [3.05, 3.63) is 21.4 Å². The summed E-state index contributed by atoms with van der Waals surface area (Å²) in [5, 5.41) is 3.57. The molecule has 1 saturated heterocycles. The van der Waals surface area contributed by atoms with E-state index in [1.807, 2.05) is 18.3 Å². The van der Waals surface area contributed by atoms with E-state index in [1.165, 1.54) is 36.1 Å². The zero-order valence-corrected chi connectivity index (χ0v) is 13.9. The van der Waals surface area contributed by atoms with Gasteiger partial charge < -0.3 is 5.32 Å². The van der Waals surface area contributed by atoms with E-state index in [4.69, 9.17) is 0 Å². The molecule has 3 rings (SSSR count). The quantitative estimate of drug-likeness (QED) is 0.933. The zero-order valence-electron chi connectivity index (χ0n) is 12.2. The van der Waals surface area contributed by atoms with Gasteiger partial charge in [0.2, 0.25) is 0 Å². The van der Waals surface area contributed by atoms with E-state index in [9.17, 15) is 8.42 Å². The van der Waals surface area contributed by atoms with E-state index in [-0.39, 0.29) is 17.3 Å². The molecule has 2 aliphatic rings. The molecule has 1 N–H and O–H groups in total. The Kier molecular flexibility index (Phi) is 3.72. The summed E-state index contributed by atoms with van der Waals surface area (Å²) in [5.41, 5.74) is 1.26.